The number of nitrogens with zero attached hydrogens (tertiary/aromatic N) is 3. The molecule has 1 aliphatic heterocycles. The predicted octanol–water partition coefficient (Wildman–Crippen LogP) is 3.26. The number of aliphatic imine (C=N–C) groups is 1. The van der Waals surface area contributed by atoms with Crippen LogP contribution in [-0.2, 0) is 6.42 Å². The third kappa shape index (κ3) is 5.43. The first-order chi connectivity index (χ1) is 12.7. The summed E-state index contributed by atoms with van der Waals surface area (Å²) in [7, 11) is 1.87. The number of likely N-dealkylation sites (tertiary alicyclic amines) is 1. The van der Waals surface area contributed by atoms with E-state index >= 15 is 0 Å². The summed E-state index contributed by atoms with van der Waals surface area (Å²) in [5.41, 5.74) is 1.17. The lowest BCUT2D eigenvalue weighted by Gasteiger charge is -2.39. The van der Waals surface area contributed by atoms with Crippen LogP contribution in [0, 0.1) is 13.8 Å². The number of rotatable bonds is 5. The Kier molecular flexibility index (Phi) is 7.32. The lowest BCUT2D eigenvalue weighted by molar-refractivity contribution is 0.119. The Labute approximate surface area is 162 Å². The minimum absolute atomic E-state index is 0.549. The van der Waals surface area contributed by atoms with E-state index in [1.165, 1.54) is 68.6 Å². The molecule has 26 heavy (non-hydrogen) atoms. The van der Waals surface area contributed by atoms with E-state index < -0.39 is 0 Å². The summed E-state index contributed by atoms with van der Waals surface area (Å²) < 4.78 is 0. The van der Waals surface area contributed by atoms with Gasteiger partial charge < -0.3 is 15.5 Å². The summed E-state index contributed by atoms with van der Waals surface area (Å²) in [5.74, 6) is 0.944. The van der Waals surface area contributed by atoms with Crippen molar-refractivity contribution in [2.45, 2.75) is 77.3 Å². The molecule has 0 unspecified atom stereocenters. The standard InChI is InChI=1S/C20H35N5S/c1-15-19(26-16(2)23-15)9-12-22-20(21-3)24-17-10-13-25(14-11-17)18-7-5-4-6-8-18/h17-18H,4-14H2,1-3H3,(H2,21,22,24). The molecule has 0 aromatic carbocycles. The molecule has 2 N–H and O–H groups in total. The van der Waals surface area contributed by atoms with Gasteiger partial charge in [-0.15, -0.1) is 11.3 Å². The summed E-state index contributed by atoms with van der Waals surface area (Å²) in [4.78, 5) is 13.0. The Morgan fingerprint density at radius 1 is 1.15 bits per heavy atom. The van der Waals surface area contributed by atoms with E-state index in [-0.39, 0.29) is 0 Å². The number of aromatic nitrogens is 1. The van der Waals surface area contributed by atoms with E-state index in [0.717, 1.165) is 30.0 Å². The number of nitrogens with one attached hydrogen (secondary N) is 2. The molecule has 1 saturated carbocycles. The fraction of sp³-hybridized carbons (Fsp3) is 0.800. The molecule has 2 heterocycles. The van der Waals surface area contributed by atoms with Crippen molar-refractivity contribution in [2.24, 2.45) is 4.99 Å². The second-order valence-corrected chi connectivity index (χ2v) is 9.02. The van der Waals surface area contributed by atoms with Gasteiger partial charge in [0.05, 0.1) is 10.7 Å². The van der Waals surface area contributed by atoms with Crippen molar-refractivity contribution in [2.75, 3.05) is 26.7 Å². The number of guanidine groups is 1. The van der Waals surface area contributed by atoms with Gasteiger partial charge in [0, 0.05) is 50.1 Å². The van der Waals surface area contributed by atoms with Crippen molar-refractivity contribution in [3.63, 3.8) is 0 Å². The molecule has 0 bridgehead atoms. The van der Waals surface area contributed by atoms with Crippen LogP contribution in [0.15, 0.2) is 4.99 Å². The minimum Gasteiger partial charge on any atom is -0.356 e. The summed E-state index contributed by atoms with van der Waals surface area (Å²) in [5, 5.41) is 8.27. The van der Waals surface area contributed by atoms with Crippen LogP contribution in [-0.4, -0.2) is 54.6 Å². The van der Waals surface area contributed by atoms with Gasteiger partial charge in [-0.05, 0) is 39.5 Å². The topological polar surface area (TPSA) is 52.6 Å². The average molecular weight is 378 g/mol. The van der Waals surface area contributed by atoms with Gasteiger partial charge in [0.15, 0.2) is 5.96 Å². The van der Waals surface area contributed by atoms with Gasteiger partial charge in [-0.2, -0.15) is 0 Å². The number of thiazole rings is 1. The molecule has 1 aliphatic carbocycles. The second kappa shape index (κ2) is 9.70. The zero-order valence-corrected chi connectivity index (χ0v) is 17.5. The molecule has 0 amide bonds. The van der Waals surface area contributed by atoms with E-state index in [4.69, 9.17) is 0 Å². The van der Waals surface area contributed by atoms with E-state index in [1.54, 1.807) is 11.3 Å². The highest BCUT2D eigenvalue weighted by atomic mass is 32.1. The van der Waals surface area contributed by atoms with Crippen LogP contribution in [0.2, 0.25) is 0 Å². The molecule has 3 rings (SSSR count). The normalized spacial score (nSPS) is 21.1. The van der Waals surface area contributed by atoms with Crippen molar-refractivity contribution in [1.82, 2.24) is 20.5 Å². The maximum atomic E-state index is 4.51. The SMILES string of the molecule is CN=C(NCCc1sc(C)nc1C)NC1CCN(C2CCCCC2)CC1. The molecule has 2 fully saturated rings. The maximum absolute atomic E-state index is 4.51. The average Bonchev–Trinajstić information content (AvgIpc) is 2.99. The van der Waals surface area contributed by atoms with Crippen LogP contribution in [0.1, 0.15) is 60.5 Å². The van der Waals surface area contributed by atoms with E-state index in [9.17, 15) is 0 Å². The second-order valence-electron chi connectivity index (χ2n) is 7.74. The summed E-state index contributed by atoms with van der Waals surface area (Å²) in [6.07, 6.45) is 10.6. The van der Waals surface area contributed by atoms with Crippen LogP contribution >= 0.6 is 11.3 Å². The predicted molar refractivity (Wildman–Crippen MR) is 111 cm³/mol. The van der Waals surface area contributed by atoms with Gasteiger partial charge in [0.25, 0.3) is 0 Å². The molecule has 1 saturated heterocycles. The van der Waals surface area contributed by atoms with Crippen LogP contribution < -0.4 is 10.6 Å². The molecular formula is C20H35N5S. The van der Waals surface area contributed by atoms with Crippen LogP contribution in [0.25, 0.3) is 0 Å². The number of aryl methyl sites for hydroxylation is 2. The maximum Gasteiger partial charge on any atom is 0.191 e. The zero-order chi connectivity index (χ0) is 18.4. The quantitative estimate of drug-likeness (QED) is 0.611. The van der Waals surface area contributed by atoms with Crippen LogP contribution in [0.3, 0.4) is 0 Å². The van der Waals surface area contributed by atoms with Crippen molar-refractivity contribution in [1.29, 1.82) is 0 Å². The first-order valence-electron chi connectivity index (χ1n) is 10.3. The first-order valence-corrected chi connectivity index (χ1v) is 11.1. The summed E-state index contributed by atoms with van der Waals surface area (Å²) >= 11 is 1.81. The highest BCUT2D eigenvalue weighted by molar-refractivity contribution is 7.11. The Morgan fingerprint density at radius 3 is 2.50 bits per heavy atom. The van der Waals surface area contributed by atoms with Crippen LogP contribution in [0.5, 0.6) is 0 Å². The molecular weight excluding hydrogens is 342 g/mol. The van der Waals surface area contributed by atoms with Crippen molar-refractivity contribution in [3.8, 4) is 0 Å². The molecule has 2 aliphatic rings. The van der Waals surface area contributed by atoms with Gasteiger partial charge in [-0.25, -0.2) is 4.98 Å². The van der Waals surface area contributed by atoms with Gasteiger partial charge >= 0.3 is 0 Å². The Hall–Kier alpha value is -1.14. The Morgan fingerprint density at radius 2 is 1.88 bits per heavy atom. The molecule has 1 aromatic rings. The molecule has 0 atom stereocenters. The Bertz CT molecular complexity index is 583. The van der Waals surface area contributed by atoms with Gasteiger partial charge in [-0.3, -0.25) is 4.99 Å². The lowest BCUT2D eigenvalue weighted by Crippen LogP contribution is -2.51. The van der Waals surface area contributed by atoms with E-state index in [0.29, 0.717) is 6.04 Å². The van der Waals surface area contributed by atoms with Gasteiger partial charge in [0.1, 0.15) is 0 Å². The fourth-order valence-electron chi connectivity index (χ4n) is 4.34. The lowest BCUT2D eigenvalue weighted by atomic mass is 9.92. The smallest absolute Gasteiger partial charge is 0.191 e. The largest absolute Gasteiger partial charge is 0.356 e. The number of piperidine rings is 1. The third-order valence-corrected chi connectivity index (χ3v) is 6.96. The van der Waals surface area contributed by atoms with E-state index in [2.05, 4.69) is 39.4 Å². The van der Waals surface area contributed by atoms with E-state index in [1.807, 2.05) is 7.05 Å². The van der Waals surface area contributed by atoms with Crippen molar-refractivity contribution in [3.05, 3.63) is 15.6 Å². The van der Waals surface area contributed by atoms with Crippen molar-refractivity contribution >= 4 is 17.3 Å². The molecule has 0 spiro atoms. The van der Waals surface area contributed by atoms with Gasteiger partial charge in [0.2, 0.25) is 0 Å². The monoisotopic (exact) mass is 377 g/mol. The highest BCUT2D eigenvalue weighted by Crippen LogP contribution is 2.25. The molecule has 6 heteroatoms. The molecule has 5 nitrogen and oxygen atoms in total. The third-order valence-electron chi connectivity index (χ3n) is 5.83. The molecule has 0 radical (unpaired) electrons. The summed E-state index contributed by atoms with van der Waals surface area (Å²) in [6, 6.07) is 1.40. The highest BCUT2D eigenvalue weighted by Gasteiger charge is 2.26. The van der Waals surface area contributed by atoms with Gasteiger partial charge in [-0.1, -0.05) is 19.3 Å². The zero-order valence-electron chi connectivity index (χ0n) is 16.7. The molecule has 1 aromatic heterocycles. The summed E-state index contributed by atoms with van der Waals surface area (Å²) in [6.45, 7) is 7.56. The number of hydrogen-bond acceptors (Lipinski definition) is 4. The fourth-order valence-corrected chi connectivity index (χ4v) is 5.28. The molecule has 146 valence electrons. The first kappa shape index (κ1) is 19.6. The minimum atomic E-state index is 0.549. The van der Waals surface area contributed by atoms with Crippen LogP contribution in [0.4, 0.5) is 0 Å². The Balaban J connectivity index is 1.38. The number of hydrogen-bond donors (Lipinski definition) is 2. The van der Waals surface area contributed by atoms with Crippen molar-refractivity contribution < 1.29 is 0 Å².